The highest BCUT2D eigenvalue weighted by Crippen LogP contribution is 2.13. The maximum atomic E-state index is 12.3. The standard InChI is InChI=1S/C14H19N3O2S/c1-12-11-16-6-7-17(12)8-9-20(18,19)14-4-2-13(10-15)3-5-14/h2-5,12,16H,6-9,11H2,1H3/t12-/m1/s1. The Morgan fingerprint density at radius 1 is 1.40 bits per heavy atom. The van der Waals surface area contributed by atoms with Gasteiger partial charge in [-0.3, -0.25) is 4.90 Å². The second kappa shape index (κ2) is 6.35. The lowest BCUT2D eigenvalue weighted by Gasteiger charge is -2.33. The van der Waals surface area contributed by atoms with E-state index >= 15 is 0 Å². The Kier molecular flexibility index (Phi) is 4.76. The number of rotatable bonds is 4. The zero-order valence-corrected chi connectivity index (χ0v) is 12.4. The van der Waals surface area contributed by atoms with Crippen molar-refractivity contribution in [2.45, 2.75) is 17.9 Å². The van der Waals surface area contributed by atoms with Crippen molar-refractivity contribution in [1.82, 2.24) is 10.2 Å². The molecular weight excluding hydrogens is 274 g/mol. The highest BCUT2D eigenvalue weighted by Gasteiger charge is 2.21. The van der Waals surface area contributed by atoms with Gasteiger partial charge in [0, 0.05) is 32.2 Å². The average molecular weight is 293 g/mol. The van der Waals surface area contributed by atoms with Crippen molar-refractivity contribution in [1.29, 1.82) is 5.26 Å². The van der Waals surface area contributed by atoms with Crippen LogP contribution in [0.3, 0.4) is 0 Å². The van der Waals surface area contributed by atoms with E-state index < -0.39 is 9.84 Å². The molecule has 0 aliphatic carbocycles. The molecule has 1 aliphatic rings. The summed E-state index contributed by atoms with van der Waals surface area (Å²) in [6.45, 7) is 5.33. The van der Waals surface area contributed by atoms with Gasteiger partial charge in [-0.05, 0) is 31.2 Å². The fraction of sp³-hybridized carbons (Fsp3) is 0.500. The van der Waals surface area contributed by atoms with E-state index in [2.05, 4.69) is 17.1 Å². The van der Waals surface area contributed by atoms with Gasteiger partial charge >= 0.3 is 0 Å². The van der Waals surface area contributed by atoms with Crippen molar-refractivity contribution in [2.75, 3.05) is 31.9 Å². The number of hydrogen-bond donors (Lipinski definition) is 1. The maximum absolute atomic E-state index is 12.3. The predicted octanol–water partition coefficient (Wildman–Crippen LogP) is 0.626. The molecule has 0 unspecified atom stereocenters. The highest BCUT2D eigenvalue weighted by molar-refractivity contribution is 7.91. The van der Waals surface area contributed by atoms with Crippen LogP contribution in [-0.2, 0) is 9.84 Å². The molecule has 1 heterocycles. The monoisotopic (exact) mass is 293 g/mol. The van der Waals surface area contributed by atoms with Crippen molar-refractivity contribution < 1.29 is 8.42 Å². The van der Waals surface area contributed by atoms with Crippen molar-refractivity contribution >= 4 is 9.84 Å². The quantitative estimate of drug-likeness (QED) is 0.881. The normalized spacial score (nSPS) is 20.5. The van der Waals surface area contributed by atoms with Crippen LogP contribution < -0.4 is 5.32 Å². The topological polar surface area (TPSA) is 73.2 Å². The molecule has 108 valence electrons. The maximum Gasteiger partial charge on any atom is 0.179 e. The number of hydrogen-bond acceptors (Lipinski definition) is 5. The third-order valence-electron chi connectivity index (χ3n) is 3.63. The van der Waals surface area contributed by atoms with Crippen LogP contribution in [-0.4, -0.2) is 51.3 Å². The summed E-state index contributed by atoms with van der Waals surface area (Å²) >= 11 is 0. The summed E-state index contributed by atoms with van der Waals surface area (Å²) in [7, 11) is -3.28. The first kappa shape index (κ1) is 15.0. The van der Waals surface area contributed by atoms with Crippen molar-refractivity contribution in [3.8, 4) is 6.07 Å². The molecule has 1 aliphatic heterocycles. The highest BCUT2D eigenvalue weighted by atomic mass is 32.2. The molecule has 0 spiro atoms. The Balaban J connectivity index is 2.01. The van der Waals surface area contributed by atoms with Gasteiger partial charge in [0.25, 0.3) is 0 Å². The molecule has 0 aromatic heterocycles. The average Bonchev–Trinajstić information content (AvgIpc) is 2.46. The zero-order valence-electron chi connectivity index (χ0n) is 11.5. The first-order chi connectivity index (χ1) is 9.53. The van der Waals surface area contributed by atoms with Gasteiger partial charge in [-0.1, -0.05) is 0 Å². The Morgan fingerprint density at radius 3 is 2.70 bits per heavy atom. The number of benzene rings is 1. The molecule has 0 saturated carbocycles. The Morgan fingerprint density at radius 2 is 2.10 bits per heavy atom. The van der Waals surface area contributed by atoms with Crippen LogP contribution in [0.15, 0.2) is 29.2 Å². The molecular formula is C14H19N3O2S. The number of piperazine rings is 1. The Labute approximate surface area is 120 Å². The largest absolute Gasteiger partial charge is 0.314 e. The summed E-state index contributed by atoms with van der Waals surface area (Å²) in [5, 5.41) is 12.0. The van der Waals surface area contributed by atoms with Crippen molar-refractivity contribution in [3.05, 3.63) is 29.8 Å². The smallest absolute Gasteiger partial charge is 0.179 e. The van der Waals surface area contributed by atoms with Crippen LogP contribution in [0.5, 0.6) is 0 Å². The lowest BCUT2D eigenvalue weighted by molar-refractivity contribution is 0.184. The van der Waals surface area contributed by atoms with Crippen LogP contribution in [0.4, 0.5) is 0 Å². The molecule has 1 aromatic rings. The lowest BCUT2D eigenvalue weighted by Crippen LogP contribution is -2.50. The first-order valence-electron chi connectivity index (χ1n) is 6.70. The molecule has 20 heavy (non-hydrogen) atoms. The molecule has 6 heteroatoms. The number of nitrogens with zero attached hydrogens (tertiary/aromatic N) is 2. The number of nitrogens with one attached hydrogen (secondary N) is 1. The van der Waals surface area contributed by atoms with Gasteiger partial charge in [-0.15, -0.1) is 0 Å². The summed E-state index contributed by atoms with van der Waals surface area (Å²) in [4.78, 5) is 2.48. The summed E-state index contributed by atoms with van der Waals surface area (Å²) < 4.78 is 24.5. The fourth-order valence-electron chi connectivity index (χ4n) is 2.31. The first-order valence-corrected chi connectivity index (χ1v) is 8.36. The van der Waals surface area contributed by atoms with Crippen LogP contribution in [0.25, 0.3) is 0 Å². The van der Waals surface area contributed by atoms with Gasteiger partial charge in [0.05, 0.1) is 22.3 Å². The predicted molar refractivity (Wildman–Crippen MR) is 77.1 cm³/mol. The molecule has 0 radical (unpaired) electrons. The third kappa shape index (κ3) is 3.57. The van der Waals surface area contributed by atoms with E-state index in [0.29, 0.717) is 23.0 Å². The third-order valence-corrected chi connectivity index (χ3v) is 5.34. The van der Waals surface area contributed by atoms with Crippen LogP contribution >= 0.6 is 0 Å². The molecule has 1 N–H and O–H groups in total. The molecule has 5 nitrogen and oxygen atoms in total. The van der Waals surface area contributed by atoms with E-state index in [4.69, 9.17) is 5.26 Å². The van der Waals surface area contributed by atoms with Crippen LogP contribution in [0, 0.1) is 11.3 Å². The fourth-order valence-corrected chi connectivity index (χ4v) is 3.57. The van der Waals surface area contributed by atoms with E-state index in [1.807, 2.05) is 6.07 Å². The summed E-state index contributed by atoms with van der Waals surface area (Å²) in [6.07, 6.45) is 0. The van der Waals surface area contributed by atoms with Crippen molar-refractivity contribution in [2.24, 2.45) is 0 Å². The van der Waals surface area contributed by atoms with Gasteiger partial charge in [0.15, 0.2) is 9.84 Å². The molecule has 2 rings (SSSR count). The van der Waals surface area contributed by atoms with Gasteiger partial charge in [0.2, 0.25) is 0 Å². The molecule has 1 aromatic carbocycles. The molecule has 1 fully saturated rings. The summed E-state index contributed by atoms with van der Waals surface area (Å²) in [5.74, 6) is 0.114. The number of sulfone groups is 1. The minimum absolute atomic E-state index is 0.114. The van der Waals surface area contributed by atoms with E-state index in [1.54, 1.807) is 12.1 Å². The van der Waals surface area contributed by atoms with E-state index in [0.717, 1.165) is 19.6 Å². The van der Waals surface area contributed by atoms with Gasteiger partial charge < -0.3 is 5.32 Å². The van der Waals surface area contributed by atoms with Gasteiger partial charge in [-0.25, -0.2) is 8.42 Å². The summed E-state index contributed by atoms with van der Waals surface area (Å²) in [5.41, 5.74) is 0.472. The zero-order chi connectivity index (χ0) is 14.6. The van der Waals surface area contributed by atoms with Crippen molar-refractivity contribution in [3.63, 3.8) is 0 Å². The summed E-state index contributed by atoms with van der Waals surface area (Å²) in [6, 6.07) is 8.45. The number of nitriles is 1. The SMILES string of the molecule is C[C@@H]1CNCCN1CCS(=O)(=O)c1ccc(C#N)cc1. The van der Waals surface area contributed by atoms with E-state index in [9.17, 15) is 8.42 Å². The minimum Gasteiger partial charge on any atom is -0.314 e. The molecule has 1 saturated heterocycles. The van der Waals surface area contributed by atoms with E-state index in [1.165, 1.54) is 12.1 Å². The second-order valence-electron chi connectivity index (χ2n) is 5.04. The molecule has 0 amide bonds. The van der Waals surface area contributed by atoms with Gasteiger partial charge in [-0.2, -0.15) is 5.26 Å². The van der Waals surface area contributed by atoms with Crippen LogP contribution in [0.2, 0.25) is 0 Å². The molecule has 1 atom stereocenters. The van der Waals surface area contributed by atoms with E-state index in [-0.39, 0.29) is 5.75 Å². The second-order valence-corrected chi connectivity index (χ2v) is 7.15. The van der Waals surface area contributed by atoms with Gasteiger partial charge in [0.1, 0.15) is 0 Å². The lowest BCUT2D eigenvalue weighted by atomic mass is 10.2. The molecule has 0 bridgehead atoms. The Hall–Kier alpha value is -1.42. The van der Waals surface area contributed by atoms with Crippen LogP contribution in [0.1, 0.15) is 12.5 Å². The minimum atomic E-state index is -3.28. The Bertz CT molecular complexity index is 590.